The molecule has 0 aliphatic heterocycles. The third-order valence-corrected chi connectivity index (χ3v) is 3.13. The lowest BCUT2D eigenvalue weighted by Crippen LogP contribution is -2.58. The molecule has 1 N–H and O–H groups in total. The van der Waals surface area contributed by atoms with Gasteiger partial charge in [-0.25, -0.2) is 0 Å². The topological polar surface area (TPSA) is 18.5 Å². The van der Waals surface area contributed by atoms with Crippen molar-refractivity contribution in [3.8, 4) is 0 Å². The van der Waals surface area contributed by atoms with E-state index in [2.05, 4.69) is 49.7 Å². The van der Waals surface area contributed by atoms with Crippen molar-refractivity contribution in [3.05, 3.63) is 0 Å². The maximum absolute atomic E-state index is 3.70. The van der Waals surface area contributed by atoms with Gasteiger partial charge in [0, 0.05) is 10.2 Å². The van der Waals surface area contributed by atoms with Crippen LogP contribution in [0.2, 0.25) is 0 Å². The van der Waals surface area contributed by atoms with E-state index in [4.69, 9.17) is 0 Å². The van der Waals surface area contributed by atoms with Crippen molar-refractivity contribution in [1.29, 1.82) is 0 Å². The minimum absolute atomic E-state index is 0.419. The molecule has 1 atom stereocenters. The van der Waals surface area contributed by atoms with Crippen molar-refractivity contribution in [2.75, 3.05) is 26.2 Å². The molecule has 0 heterocycles. The Kier molecular flexibility index (Phi) is 8.33. The maximum atomic E-state index is 3.70. The van der Waals surface area contributed by atoms with Gasteiger partial charge in [-0.2, -0.15) is 0 Å². The Hall–Kier alpha value is 0.0969. The molecule has 0 aromatic carbocycles. The van der Waals surface area contributed by atoms with Crippen molar-refractivity contribution < 1.29 is 0 Å². The van der Waals surface area contributed by atoms with Crippen LogP contribution in [-0.2, 0) is 0 Å². The second-order valence-electron chi connectivity index (χ2n) is 4.14. The van der Waals surface area contributed by atoms with Crippen LogP contribution in [0.15, 0.2) is 0 Å². The molecule has 15 heavy (non-hydrogen) atoms. The SMILES string of the molecule is CCN(CC)C(NC(C)[SiH3])N(CC)CC. The Balaban J connectivity index is 4.52. The van der Waals surface area contributed by atoms with E-state index in [-0.39, 0.29) is 0 Å². The molecule has 1 unspecified atom stereocenters. The van der Waals surface area contributed by atoms with Gasteiger partial charge in [-0.05, 0) is 31.8 Å². The summed E-state index contributed by atoms with van der Waals surface area (Å²) < 4.78 is 0. The molecule has 0 aromatic rings. The summed E-state index contributed by atoms with van der Waals surface area (Å²) in [6.07, 6.45) is 0.419. The van der Waals surface area contributed by atoms with Crippen molar-refractivity contribution in [2.45, 2.75) is 46.6 Å². The van der Waals surface area contributed by atoms with Crippen LogP contribution in [0.3, 0.4) is 0 Å². The van der Waals surface area contributed by atoms with E-state index in [9.17, 15) is 0 Å². The average molecular weight is 231 g/mol. The normalized spacial score (nSPS) is 14.4. The highest BCUT2D eigenvalue weighted by atomic mass is 28.1. The van der Waals surface area contributed by atoms with Crippen molar-refractivity contribution in [1.82, 2.24) is 15.1 Å². The fourth-order valence-corrected chi connectivity index (χ4v) is 2.18. The second-order valence-corrected chi connectivity index (χ2v) is 5.87. The largest absolute Gasteiger partial charge is 0.290 e. The molecule has 0 bridgehead atoms. The first-order valence-corrected chi connectivity index (χ1v) is 7.50. The van der Waals surface area contributed by atoms with Gasteiger partial charge in [0.15, 0.2) is 0 Å². The fourth-order valence-electron chi connectivity index (χ4n) is 1.88. The summed E-state index contributed by atoms with van der Waals surface area (Å²) >= 11 is 0. The van der Waals surface area contributed by atoms with Gasteiger partial charge in [-0.1, -0.05) is 34.6 Å². The molecule has 0 radical (unpaired) electrons. The van der Waals surface area contributed by atoms with Gasteiger partial charge < -0.3 is 0 Å². The molecular formula is C11H29N3Si. The van der Waals surface area contributed by atoms with E-state index in [1.807, 2.05) is 0 Å². The van der Waals surface area contributed by atoms with Gasteiger partial charge in [0.25, 0.3) is 0 Å². The van der Waals surface area contributed by atoms with Gasteiger partial charge in [0.05, 0.1) is 0 Å². The lowest BCUT2D eigenvalue weighted by Gasteiger charge is -2.39. The third kappa shape index (κ3) is 5.11. The molecule has 4 heteroatoms. The molecule has 0 spiro atoms. The lowest BCUT2D eigenvalue weighted by atomic mass is 10.4. The summed E-state index contributed by atoms with van der Waals surface area (Å²) in [6.45, 7) is 15.7. The van der Waals surface area contributed by atoms with Gasteiger partial charge in [0.1, 0.15) is 6.29 Å². The number of hydrogen-bond acceptors (Lipinski definition) is 3. The highest BCUT2D eigenvalue weighted by Crippen LogP contribution is 2.03. The summed E-state index contributed by atoms with van der Waals surface area (Å²) in [4.78, 5) is 4.97. The van der Waals surface area contributed by atoms with Gasteiger partial charge >= 0.3 is 0 Å². The average Bonchev–Trinajstić information content (AvgIpc) is 2.20. The Morgan fingerprint density at radius 1 is 0.933 bits per heavy atom. The molecule has 0 saturated carbocycles. The molecule has 0 aliphatic carbocycles. The molecule has 0 aromatic heterocycles. The summed E-state index contributed by atoms with van der Waals surface area (Å²) in [6, 6.07) is 0. The number of nitrogens with one attached hydrogen (secondary N) is 1. The van der Waals surface area contributed by atoms with E-state index in [0.29, 0.717) is 12.0 Å². The van der Waals surface area contributed by atoms with Crippen LogP contribution in [-0.4, -0.2) is 58.2 Å². The molecular weight excluding hydrogens is 202 g/mol. The predicted octanol–water partition coefficient (Wildman–Crippen LogP) is 0.255. The molecule has 0 aliphatic rings. The van der Waals surface area contributed by atoms with Crippen LogP contribution in [0.1, 0.15) is 34.6 Å². The Labute approximate surface area is 98.6 Å². The highest BCUT2D eigenvalue weighted by Gasteiger charge is 2.21. The van der Waals surface area contributed by atoms with Crippen LogP contribution >= 0.6 is 0 Å². The standard InChI is InChI=1S/C11H29N3Si/c1-6-13(7-2)11(12-10(5)15)14(8-3)9-4/h10-12H,6-9H2,1-5,15H3. The van der Waals surface area contributed by atoms with E-state index in [1.165, 1.54) is 10.2 Å². The monoisotopic (exact) mass is 231 g/mol. The van der Waals surface area contributed by atoms with Crippen LogP contribution in [0.4, 0.5) is 0 Å². The zero-order chi connectivity index (χ0) is 11.8. The number of hydrogen-bond donors (Lipinski definition) is 1. The Morgan fingerprint density at radius 3 is 1.47 bits per heavy atom. The van der Waals surface area contributed by atoms with E-state index >= 15 is 0 Å². The Morgan fingerprint density at radius 2 is 1.27 bits per heavy atom. The lowest BCUT2D eigenvalue weighted by molar-refractivity contribution is 0.0290. The van der Waals surface area contributed by atoms with Crippen LogP contribution < -0.4 is 5.32 Å². The van der Waals surface area contributed by atoms with Gasteiger partial charge in [0.2, 0.25) is 0 Å². The zero-order valence-corrected chi connectivity index (χ0v) is 13.4. The van der Waals surface area contributed by atoms with E-state index in [0.717, 1.165) is 26.2 Å². The van der Waals surface area contributed by atoms with Crippen molar-refractivity contribution in [2.24, 2.45) is 0 Å². The van der Waals surface area contributed by atoms with Crippen LogP contribution in [0.25, 0.3) is 0 Å². The molecule has 3 nitrogen and oxygen atoms in total. The Bertz CT molecular complexity index is 133. The van der Waals surface area contributed by atoms with Gasteiger partial charge in [-0.3, -0.25) is 15.1 Å². The fraction of sp³-hybridized carbons (Fsp3) is 1.00. The minimum Gasteiger partial charge on any atom is -0.290 e. The molecule has 0 saturated heterocycles. The number of nitrogens with zero attached hydrogens (tertiary/aromatic N) is 2. The first-order chi connectivity index (χ1) is 7.10. The van der Waals surface area contributed by atoms with Crippen molar-refractivity contribution >= 4 is 10.2 Å². The predicted molar refractivity (Wildman–Crippen MR) is 72.2 cm³/mol. The summed E-state index contributed by atoms with van der Waals surface area (Å²) in [7, 11) is 1.20. The molecule has 92 valence electrons. The highest BCUT2D eigenvalue weighted by molar-refractivity contribution is 6.11. The third-order valence-electron chi connectivity index (χ3n) is 2.80. The van der Waals surface area contributed by atoms with Crippen LogP contribution in [0.5, 0.6) is 0 Å². The van der Waals surface area contributed by atoms with E-state index in [1.54, 1.807) is 0 Å². The van der Waals surface area contributed by atoms with Crippen LogP contribution in [0, 0.1) is 0 Å². The first kappa shape index (κ1) is 15.1. The summed E-state index contributed by atoms with van der Waals surface area (Å²) in [5.41, 5.74) is 0.663. The molecule has 0 fully saturated rings. The quantitative estimate of drug-likeness (QED) is 0.477. The second kappa shape index (κ2) is 8.27. The number of rotatable bonds is 8. The molecule has 0 amide bonds. The van der Waals surface area contributed by atoms with E-state index < -0.39 is 0 Å². The smallest absolute Gasteiger partial charge is 0.116 e. The summed E-state index contributed by atoms with van der Waals surface area (Å²) in [5.74, 6) is 0. The first-order valence-electron chi connectivity index (χ1n) is 6.34. The van der Waals surface area contributed by atoms with Crippen molar-refractivity contribution in [3.63, 3.8) is 0 Å². The summed E-state index contributed by atoms with van der Waals surface area (Å²) in [5, 5.41) is 3.70. The minimum atomic E-state index is 0.419. The maximum Gasteiger partial charge on any atom is 0.116 e. The molecule has 0 rings (SSSR count). The zero-order valence-electron chi connectivity index (χ0n) is 11.4. The van der Waals surface area contributed by atoms with Gasteiger partial charge in [-0.15, -0.1) is 0 Å².